The van der Waals surface area contributed by atoms with Gasteiger partial charge in [-0.15, -0.1) is 0 Å². The molecule has 0 unspecified atom stereocenters. The molecule has 3 nitrogen and oxygen atoms in total. The van der Waals surface area contributed by atoms with Crippen molar-refractivity contribution in [1.82, 2.24) is 0 Å². The molecule has 0 spiro atoms. The average Bonchev–Trinajstić information content (AvgIpc) is 2.41. The number of benzene rings is 2. The van der Waals surface area contributed by atoms with Gasteiger partial charge in [0, 0.05) is 32.4 Å². The van der Waals surface area contributed by atoms with Crippen LogP contribution in [0, 0.1) is 5.82 Å². The van der Waals surface area contributed by atoms with Crippen molar-refractivity contribution in [2.45, 2.75) is 6.54 Å². The van der Waals surface area contributed by atoms with Crippen LogP contribution in [0.2, 0.25) is 0 Å². The Bertz CT molecular complexity index is 570. The summed E-state index contributed by atoms with van der Waals surface area (Å²) in [6, 6.07) is 12.2. The molecule has 0 aliphatic heterocycles. The highest BCUT2D eigenvalue weighted by Gasteiger charge is 2.06. The normalized spacial score (nSPS) is 10.3. The van der Waals surface area contributed by atoms with E-state index in [-0.39, 0.29) is 5.75 Å². The average molecular weight is 260 g/mol. The van der Waals surface area contributed by atoms with Gasteiger partial charge in [-0.05, 0) is 29.8 Å². The lowest BCUT2D eigenvalue weighted by atomic mass is 10.2. The SMILES string of the molecule is CN(C)c1cccc(Oc2ccc(CN)cc2F)c1. The van der Waals surface area contributed by atoms with Crippen molar-refractivity contribution >= 4 is 5.69 Å². The van der Waals surface area contributed by atoms with Crippen molar-refractivity contribution in [3.63, 3.8) is 0 Å². The van der Waals surface area contributed by atoms with E-state index in [2.05, 4.69) is 0 Å². The Balaban J connectivity index is 2.23. The maximum atomic E-state index is 13.8. The van der Waals surface area contributed by atoms with Crippen LogP contribution in [-0.2, 0) is 6.54 Å². The van der Waals surface area contributed by atoms with Crippen molar-refractivity contribution in [3.8, 4) is 11.5 Å². The van der Waals surface area contributed by atoms with Crippen LogP contribution in [0.3, 0.4) is 0 Å². The van der Waals surface area contributed by atoms with E-state index < -0.39 is 5.82 Å². The fourth-order valence-corrected chi connectivity index (χ4v) is 1.71. The number of rotatable bonds is 4. The second-order valence-corrected chi connectivity index (χ2v) is 4.46. The number of ether oxygens (including phenoxy) is 1. The Morgan fingerprint density at radius 1 is 1.16 bits per heavy atom. The van der Waals surface area contributed by atoms with Gasteiger partial charge in [-0.25, -0.2) is 4.39 Å². The van der Waals surface area contributed by atoms with Crippen LogP contribution >= 0.6 is 0 Å². The highest BCUT2D eigenvalue weighted by Crippen LogP contribution is 2.27. The van der Waals surface area contributed by atoms with Gasteiger partial charge in [0.25, 0.3) is 0 Å². The second kappa shape index (κ2) is 5.71. The first-order chi connectivity index (χ1) is 9.10. The maximum absolute atomic E-state index is 13.8. The monoisotopic (exact) mass is 260 g/mol. The summed E-state index contributed by atoms with van der Waals surface area (Å²) in [7, 11) is 3.88. The minimum atomic E-state index is -0.404. The van der Waals surface area contributed by atoms with Crippen LogP contribution in [0.15, 0.2) is 42.5 Å². The standard InChI is InChI=1S/C15H17FN2O/c1-18(2)12-4-3-5-13(9-12)19-15-7-6-11(10-17)8-14(15)16/h3-9H,10,17H2,1-2H3. The molecule has 2 N–H and O–H groups in total. The quantitative estimate of drug-likeness (QED) is 0.917. The summed E-state index contributed by atoms with van der Waals surface area (Å²) in [5, 5.41) is 0. The lowest BCUT2D eigenvalue weighted by Crippen LogP contribution is -2.08. The Kier molecular flexibility index (Phi) is 4.02. The predicted molar refractivity (Wildman–Crippen MR) is 75.1 cm³/mol. The molecule has 0 saturated heterocycles. The number of hydrogen-bond donors (Lipinski definition) is 1. The lowest BCUT2D eigenvalue weighted by molar-refractivity contribution is 0.442. The van der Waals surface area contributed by atoms with Crippen LogP contribution in [0.5, 0.6) is 11.5 Å². The van der Waals surface area contributed by atoms with Gasteiger partial charge in [-0.3, -0.25) is 0 Å². The van der Waals surface area contributed by atoms with Gasteiger partial charge in [0.05, 0.1) is 0 Å². The minimum Gasteiger partial charge on any atom is -0.454 e. The summed E-state index contributed by atoms with van der Waals surface area (Å²) in [6.07, 6.45) is 0. The molecule has 100 valence electrons. The summed E-state index contributed by atoms with van der Waals surface area (Å²) < 4.78 is 19.3. The third kappa shape index (κ3) is 3.23. The Morgan fingerprint density at radius 2 is 1.95 bits per heavy atom. The Hall–Kier alpha value is -2.07. The van der Waals surface area contributed by atoms with Crippen LogP contribution in [0.1, 0.15) is 5.56 Å². The summed E-state index contributed by atoms with van der Waals surface area (Å²) in [4.78, 5) is 1.96. The molecule has 0 aliphatic carbocycles. The molecular formula is C15H17FN2O. The minimum absolute atomic E-state index is 0.202. The summed E-state index contributed by atoms with van der Waals surface area (Å²) in [6.45, 7) is 0.313. The zero-order chi connectivity index (χ0) is 13.8. The molecule has 19 heavy (non-hydrogen) atoms. The van der Waals surface area contributed by atoms with Gasteiger partial charge in [-0.2, -0.15) is 0 Å². The summed E-state index contributed by atoms with van der Waals surface area (Å²) in [5.41, 5.74) is 7.20. The molecule has 0 radical (unpaired) electrons. The molecule has 0 aromatic heterocycles. The molecular weight excluding hydrogens is 243 g/mol. The molecule has 4 heteroatoms. The molecule has 0 amide bonds. The van der Waals surface area contributed by atoms with E-state index in [1.54, 1.807) is 18.2 Å². The fraction of sp³-hybridized carbons (Fsp3) is 0.200. The van der Waals surface area contributed by atoms with Crippen molar-refractivity contribution in [2.24, 2.45) is 5.73 Å². The van der Waals surface area contributed by atoms with Crippen molar-refractivity contribution in [3.05, 3.63) is 53.8 Å². The van der Waals surface area contributed by atoms with Gasteiger partial charge in [-0.1, -0.05) is 12.1 Å². The number of nitrogens with zero attached hydrogens (tertiary/aromatic N) is 1. The number of hydrogen-bond acceptors (Lipinski definition) is 3. The molecule has 0 heterocycles. The van der Waals surface area contributed by atoms with E-state index in [1.165, 1.54) is 6.07 Å². The van der Waals surface area contributed by atoms with Crippen LogP contribution in [-0.4, -0.2) is 14.1 Å². The predicted octanol–water partition coefficient (Wildman–Crippen LogP) is 3.14. The smallest absolute Gasteiger partial charge is 0.166 e. The zero-order valence-electron chi connectivity index (χ0n) is 11.1. The molecule has 2 rings (SSSR count). The topological polar surface area (TPSA) is 38.5 Å². The van der Waals surface area contributed by atoms with Crippen molar-refractivity contribution in [1.29, 1.82) is 0 Å². The first kappa shape index (κ1) is 13.4. The van der Waals surface area contributed by atoms with Crippen molar-refractivity contribution < 1.29 is 9.13 Å². The molecule has 0 atom stereocenters. The Labute approximate surface area is 112 Å². The summed E-state index contributed by atoms with van der Waals surface area (Å²) >= 11 is 0. The first-order valence-electron chi connectivity index (χ1n) is 6.04. The van der Waals surface area contributed by atoms with Crippen LogP contribution in [0.4, 0.5) is 10.1 Å². The highest BCUT2D eigenvalue weighted by atomic mass is 19.1. The molecule has 0 bridgehead atoms. The highest BCUT2D eigenvalue weighted by molar-refractivity contribution is 5.50. The lowest BCUT2D eigenvalue weighted by Gasteiger charge is -2.14. The van der Waals surface area contributed by atoms with Crippen LogP contribution < -0.4 is 15.4 Å². The van der Waals surface area contributed by atoms with Gasteiger partial charge in [0.15, 0.2) is 11.6 Å². The van der Waals surface area contributed by atoms with E-state index in [1.807, 2.05) is 37.2 Å². The van der Waals surface area contributed by atoms with E-state index in [0.29, 0.717) is 12.3 Å². The fourth-order valence-electron chi connectivity index (χ4n) is 1.71. The van der Waals surface area contributed by atoms with Gasteiger partial charge >= 0.3 is 0 Å². The van der Waals surface area contributed by atoms with E-state index in [4.69, 9.17) is 10.5 Å². The molecule has 2 aromatic rings. The largest absolute Gasteiger partial charge is 0.454 e. The van der Waals surface area contributed by atoms with Crippen LogP contribution in [0.25, 0.3) is 0 Å². The van der Waals surface area contributed by atoms with E-state index in [0.717, 1.165) is 11.3 Å². The van der Waals surface area contributed by atoms with Gasteiger partial charge in [0.2, 0.25) is 0 Å². The molecule has 2 aromatic carbocycles. The Morgan fingerprint density at radius 3 is 2.58 bits per heavy atom. The van der Waals surface area contributed by atoms with Crippen molar-refractivity contribution in [2.75, 3.05) is 19.0 Å². The van der Waals surface area contributed by atoms with Gasteiger partial charge in [0.1, 0.15) is 5.75 Å². The number of halogens is 1. The van der Waals surface area contributed by atoms with E-state index >= 15 is 0 Å². The first-order valence-corrected chi connectivity index (χ1v) is 6.04. The second-order valence-electron chi connectivity index (χ2n) is 4.46. The van der Waals surface area contributed by atoms with E-state index in [9.17, 15) is 4.39 Å². The number of anilines is 1. The molecule has 0 aliphatic rings. The third-order valence-electron chi connectivity index (χ3n) is 2.79. The third-order valence-corrected chi connectivity index (χ3v) is 2.79. The van der Waals surface area contributed by atoms with Gasteiger partial charge < -0.3 is 15.4 Å². The molecule has 0 saturated carbocycles. The number of nitrogens with two attached hydrogens (primary N) is 1. The zero-order valence-corrected chi connectivity index (χ0v) is 11.1. The molecule has 0 fully saturated rings. The maximum Gasteiger partial charge on any atom is 0.166 e. The summed E-state index contributed by atoms with van der Waals surface area (Å²) in [5.74, 6) is 0.400.